The fraction of sp³-hybridized carbons (Fsp3) is 0.667. The lowest BCUT2D eigenvalue weighted by molar-refractivity contribution is -0.139. The Kier molecular flexibility index (Phi) is 3.49. The molecule has 6 N–H and O–H groups in total. The van der Waals surface area contributed by atoms with Gasteiger partial charge in [-0.05, 0) is 13.8 Å². The van der Waals surface area contributed by atoms with E-state index in [0.29, 0.717) is 0 Å². The summed E-state index contributed by atoms with van der Waals surface area (Å²) in [5.41, 5.74) is 9.48. The average Bonchev–Trinajstić information content (AvgIpc) is 2.02. The Balaban J connectivity index is 0. The summed E-state index contributed by atoms with van der Waals surface area (Å²) >= 11 is 0. The van der Waals surface area contributed by atoms with Crippen LogP contribution in [0.3, 0.4) is 0 Å². The van der Waals surface area contributed by atoms with E-state index in [1.807, 2.05) is 0 Å². The van der Waals surface area contributed by atoms with Crippen LogP contribution < -0.4 is 11.5 Å². The third kappa shape index (κ3) is 11.6. The summed E-state index contributed by atoms with van der Waals surface area (Å²) < 4.78 is 26.2. The Morgan fingerprint density at radius 2 is 1.75 bits per heavy atom. The van der Waals surface area contributed by atoms with Crippen molar-refractivity contribution in [2.75, 3.05) is 0 Å². The van der Waals surface area contributed by atoms with Crippen LogP contribution in [-0.2, 0) is 9.59 Å². The first-order valence-corrected chi connectivity index (χ1v) is 2.84. The molecule has 0 aliphatic rings. The molecule has 0 rings (SSSR count). The van der Waals surface area contributed by atoms with Gasteiger partial charge in [0.1, 0.15) is 12.1 Å². The van der Waals surface area contributed by atoms with Crippen molar-refractivity contribution < 1.29 is 25.3 Å². The highest BCUT2D eigenvalue weighted by molar-refractivity contribution is 5.72. The molecule has 0 spiro atoms. The number of rotatable bonds is 2. The van der Waals surface area contributed by atoms with Crippen molar-refractivity contribution in [3.8, 4) is 0 Å². The van der Waals surface area contributed by atoms with E-state index in [0.717, 1.165) is 0 Å². The first-order chi connectivity index (χ1) is 6.84. The summed E-state index contributed by atoms with van der Waals surface area (Å²) in [6.07, 6.45) is 0. The first kappa shape index (κ1) is 6.38. The lowest BCUT2D eigenvalue weighted by Crippen LogP contribution is -2.25. The molecule has 0 fully saturated rings. The molecule has 0 aromatic carbocycles. The van der Waals surface area contributed by atoms with Crippen molar-refractivity contribution >= 4 is 11.9 Å². The second-order valence-corrected chi connectivity index (χ2v) is 1.85. The SMILES string of the molecule is [13CH3][13C@H](N)C(=O)O.[2H]C([2H])([2H])[C@]([2H])(N)C(=O)O. The molecule has 0 heterocycles. The van der Waals surface area contributed by atoms with Gasteiger partial charge in [-0.1, -0.05) is 0 Å². The van der Waals surface area contributed by atoms with Gasteiger partial charge in [0, 0.05) is 4.11 Å². The summed E-state index contributed by atoms with van der Waals surface area (Å²) in [5.74, 6) is -2.82. The van der Waals surface area contributed by atoms with Crippen molar-refractivity contribution in [3.05, 3.63) is 0 Å². The van der Waals surface area contributed by atoms with E-state index in [1.54, 1.807) is 0 Å². The molecule has 0 aliphatic heterocycles. The molecule has 0 saturated heterocycles. The number of hydrogen-bond donors (Lipinski definition) is 4. The zero-order valence-electron chi connectivity index (χ0n) is 10.4. The fourth-order valence-electron chi connectivity index (χ4n) is 0. The Hall–Kier alpha value is -1.14. The summed E-state index contributed by atoms with van der Waals surface area (Å²) in [7, 11) is 0. The second kappa shape index (κ2) is 6.56. The van der Waals surface area contributed by atoms with Gasteiger partial charge in [-0.15, -0.1) is 0 Å². The predicted molar refractivity (Wildman–Crippen MR) is 42.6 cm³/mol. The Labute approximate surface area is 75.8 Å². The van der Waals surface area contributed by atoms with Gasteiger partial charge in [0.25, 0.3) is 0 Å². The van der Waals surface area contributed by atoms with Crippen molar-refractivity contribution in [3.63, 3.8) is 0 Å². The molecule has 0 aliphatic carbocycles. The van der Waals surface area contributed by atoms with Gasteiger partial charge in [0.2, 0.25) is 0 Å². The smallest absolute Gasteiger partial charge is 0.320 e. The van der Waals surface area contributed by atoms with Crippen molar-refractivity contribution in [1.82, 2.24) is 0 Å². The van der Waals surface area contributed by atoms with Gasteiger partial charge in [-0.3, -0.25) is 9.59 Å². The standard InChI is InChI=1S/2C3H7NO2/c2*1-2(4)3(5)6/h2*2H,4H2,1H3,(H,5,6)/t2*2-/m00/s1/i1+1,2+1;1D3,2D. The number of carboxylic acid groups (broad SMARTS) is 2. The minimum absolute atomic E-state index is 0.731. The molecule has 12 heavy (non-hydrogen) atoms. The maximum absolute atomic E-state index is 10.00. The molecule has 72 valence electrons. The maximum atomic E-state index is 10.00. The van der Waals surface area contributed by atoms with Crippen molar-refractivity contribution in [2.24, 2.45) is 11.5 Å². The molecule has 2 atom stereocenters. The van der Waals surface area contributed by atoms with E-state index >= 15 is 0 Å². The van der Waals surface area contributed by atoms with Gasteiger partial charge in [-0.2, -0.15) is 0 Å². The number of hydrogen-bond acceptors (Lipinski definition) is 4. The third-order valence-electron chi connectivity index (χ3n) is 0.620. The summed E-state index contributed by atoms with van der Waals surface area (Å²) in [4.78, 5) is 19.6. The second-order valence-electron chi connectivity index (χ2n) is 1.85. The van der Waals surface area contributed by atoms with Gasteiger partial charge in [0.15, 0.2) is 0 Å². The third-order valence-corrected chi connectivity index (χ3v) is 0.620. The quantitative estimate of drug-likeness (QED) is 0.401. The van der Waals surface area contributed by atoms with E-state index in [9.17, 15) is 9.59 Å². The lowest BCUT2D eigenvalue weighted by Gasteiger charge is -1.90. The average molecular weight is 184 g/mol. The normalized spacial score (nSPS) is 22.2. The minimum Gasteiger partial charge on any atom is -0.480 e. The van der Waals surface area contributed by atoms with Crippen LogP contribution in [-0.4, -0.2) is 34.2 Å². The van der Waals surface area contributed by atoms with Gasteiger partial charge in [0.05, 0.1) is 1.37 Å². The summed E-state index contributed by atoms with van der Waals surface area (Å²) in [6.45, 7) is -1.57. The van der Waals surface area contributed by atoms with Crippen LogP contribution in [0.15, 0.2) is 0 Å². The molecule has 0 saturated carbocycles. The highest BCUT2D eigenvalue weighted by Crippen LogP contribution is 1.68. The molecule has 6 nitrogen and oxygen atoms in total. The zero-order valence-corrected chi connectivity index (χ0v) is 6.44. The molecular formula is C6H14N2O4. The van der Waals surface area contributed by atoms with Gasteiger partial charge in [-0.25, -0.2) is 0 Å². The van der Waals surface area contributed by atoms with Crippen LogP contribution in [0.4, 0.5) is 0 Å². The Morgan fingerprint density at radius 1 is 1.42 bits per heavy atom. The maximum Gasteiger partial charge on any atom is 0.320 e. The van der Waals surface area contributed by atoms with E-state index in [2.05, 4.69) is 5.73 Å². The molecule has 0 aromatic rings. The van der Waals surface area contributed by atoms with Gasteiger partial charge >= 0.3 is 11.9 Å². The van der Waals surface area contributed by atoms with Crippen molar-refractivity contribution in [2.45, 2.75) is 25.8 Å². The van der Waals surface area contributed by atoms with Crippen LogP contribution in [0, 0.1) is 0 Å². The van der Waals surface area contributed by atoms with Crippen LogP contribution in [0.25, 0.3) is 0 Å². The fourth-order valence-corrected chi connectivity index (χ4v) is 0. The zero-order chi connectivity index (χ0) is 13.7. The lowest BCUT2D eigenvalue weighted by atomic mass is 10.4. The highest BCUT2D eigenvalue weighted by Gasteiger charge is 2.00. The molecule has 0 radical (unpaired) electrons. The number of aliphatic carboxylic acids is 2. The Bertz CT molecular complexity index is 264. The van der Waals surface area contributed by atoms with Crippen LogP contribution in [0.2, 0.25) is 0 Å². The number of carbonyl (C=O) groups is 2. The van der Waals surface area contributed by atoms with E-state index in [1.165, 1.54) is 6.92 Å². The molecule has 0 aromatic heterocycles. The summed E-state index contributed by atoms with van der Waals surface area (Å²) in [5, 5.41) is 16.0. The van der Waals surface area contributed by atoms with Crippen LogP contribution in [0.5, 0.6) is 0 Å². The monoisotopic (exact) mass is 184 g/mol. The van der Waals surface area contributed by atoms with Crippen molar-refractivity contribution in [1.29, 1.82) is 0 Å². The Morgan fingerprint density at radius 3 is 1.75 bits per heavy atom. The molecule has 6 heteroatoms. The topological polar surface area (TPSA) is 127 Å². The van der Waals surface area contributed by atoms with Crippen LogP contribution >= 0.6 is 0 Å². The molecular weight excluding hydrogens is 166 g/mol. The van der Waals surface area contributed by atoms with Crippen LogP contribution in [0.1, 0.15) is 19.3 Å². The highest BCUT2D eigenvalue weighted by atomic mass is 16.4. The summed E-state index contributed by atoms with van der Waals surface area (Å²) in [6, 6.07) is -3.63. The molecule has 0 bridgehead atoms. The van der Waals surface area contributed by atoms with E-state index in [4.69, 9.17) is 21.4 Å². The van der Waals surface area contributed by atoms with E-state index in [-0.39, 0.29) is 0 Å². The van der Waals surface area contributed by atoms with Gasteiger partial charge < -0.3 is 21.7 Å². The molecule has 0 unspecified atom stereocenters. The largest absolute Gasteiger partial charge is 0.480 e. The number of nitrogens with two attached hydrogens (primary N) is 2. The molecule has 0 amide bonds. The number of carboxylic acids is 2. The first-order valence-electron chi connectivity index (χ1n) is 4.84. The predicted octanol–water partition coefficient (Wildman–Crippen LogP) is -1.16. The van der Waals surface area contributed by atoms with E-state index < -0.39 is 30.9 Å². The minimum atomic E-state index is -2.99.